The molecule has 17 heavy (non-hydrogen) atoms. The molecule has 4 aromatic rings. The molecule has 3 aromatic heterocycles. The fourth-order valence-corrected chi connectivity index (χ4v) is 3.12. The highest BCUT2D eigenvalue weighted by Gasteiger charge is 2.10. The van der Waals surface area contributed by atoms with Gasteiger partial charge in [0.15, 0.2) is 0 Å². The quantitative estimate of drug-likeness (QED) is 0.470. The van der Waals surface area contributed by atoms with Crippen LogP contribution < -0.4 is 0 Å². The van der Waals surface area contributed by atoms with Crippen molar-refractivity contribution in [2.24, 2.45) is 0 Å². The summed E-state index contributed by atoms with van der Waals surface area (Å²) in [7, 11) is 0. The van der Waals surface area contributed by atoms with E-state index in [1.807, 2.05) is 24.5 Å². The molecule has 4 heteroatoms. The minimum Gasteiger partial charge on any atom is -0.245 e. The molecule has 0 spiro atoms. The largest absolute Gasteiger partial charge is 0.245 e. The number of benzene rings is 1. The third-order valence-electron chi connectivity index (χ3n) is 2.89. The topological polar surface area (TPSA) is 38.7 Å². The van der Waals surface area contributed by atoms with Gasteiger partial charge in [-0.1, -0.05) is 24.3 Å². The molecular weight excluding hydrogens is 230 g/mol. The normalized spacial score (nSPS) is 11.5. The van der Waals surface area contributed by atoms with E-state index in [1.54, 1.807) is 17.7 Å². The van der Waals surface area contributed by atoms with Crippen LogP contribution in [0.3, 0.4) is 0 Å². The summed E-state index contributed by atoms with van der Waals surface area (Å²) in [5, 5.41) is 3.51. The maximum Gasteiger partial charge on any atom is 0.126 e. The lowest BCUT2D eigenvalue weighted by atomic mass is 10.1. The first kappa shape index (κ1) is 9.01. The highest BCUT2D eigenvalue weighted by molar-refractivity contribution is 7.25. The van der Waals surface area contributed by atoms with Crippen molar-refractivity contribution in [1.29, 1.82) is 0 Å². The highest BCUT2D eigenvalue weighted by atomic mass is 32.1. The molecule has 4 rings (SSSR count). The Morgan fingerprint density at radius 1 is 1.00 bits per heavy atom. The average molecular weight is 237 g/mol. The minimum absolute atomic E-state index is 1.00. The van der Waals surface area contributed by atoms with E-state index in [4.69, 9.17) is 0 Å². The molecule has 3 heterocycles. The molecule has 0 unspecified atom stereocenters. The molecule has 0 radical (unpaired) electrons. The molecule has 1 aromatic carbocycles. The second kappa shape index (κ2) is 3.21. The lowest BCUT2D eigenvalue weighted by molar-refractivity contribution is 1.23. The summed E-state index contributed by atoms with van der Waals surface area (Å²) in [6.45, 7) is 0. The molecule has 0 aliphatic heterocycles. The van der Waals surface area contributed by atoms with Gasteiger partial charge in [-0.15, -0.1) is 11.3 Å². The SMILES string of the molecule is c1ccc2c(c1)cnc1sc3cncnc3c12. The summed E-state index contributed by atoms with van der Waals surface area (Å²) in [5.74, 6) is 0. The zero-order chi connectivity index (χ0) is 11.2. The van der Waals surface area contributed by atoms with Crippen LogP contribution >= 0.6 is 11.3 Å². The van der Waals surface area contributed by atoms with Gasteiger partial charge in [-0.05, 0) is 5.39 Å². The Kier molecular flexibility index (Phi) is 1.70. The number of pyridine rings is 1. The van der Waals surface area contributed by atoms with Crippen LogP contribution in [0.1, 0.15) is 0 Å². The third-order valence-corrected chi connectivity index (χ3v) is 3.91. The molecule has 0 aliphatic carbocycles. The van der Waals surface area contributed by atoms with E-state index in [1.165, 1.54) is 5.39 Å². The molecule has 0 atom stereocenters. The summed E-state index contributed by atoms with van der Waals surface area (Å²) in [5.41, 5.74) is 1.00. The van der Waals surface area contributed by atoms with Crippen molar-refractivity contribution in [3.63, 3.8) is 0 Å². The van der Waals surface area contributed by atoms with Crippen LogP contribution in [-0.2, 0) is 0 Å². The molecular formula is C13H7N3S. The van der Waals surface area contributed by atoms with Crippen LogP contribution in [0.2, 0.25) is 0 Å². The van der Waals surface area contributed by atoms with Crippen LogP contribution in [0.5, 0.6) is 0 Å². The van der Waals surface area contributed by atoms with Crippen molar-refractivity contribution in [3.05, 3.63) is 43.0 Å². The van der Waals surface area contributed by atoms with Gasteiger partial charge in [-0.3, -0.25) is 0 Å². The zero-order valence-corrected chi connectivity index (χ0v) is 9.61. The monoisotopic (exact) mass is 237 g/mol. The smallest absolute Gasteiger partial charge is 0.126 e. The fraction of sp³-hybridized carbons (Fsp3) is 0. The van der Waals surface area contributed by atoms with Gasteiger partial charge >= 0.3 is 0 Å². The number of aromatic nitrogens is 3. The van der Waals surface area contributed by atoms with E-state index < -0.39 is 0 Å². The molecule has 0 bridgehead atoms. The van der Waals surface area contributed by atoms with Crippen molar-refractivity contribution < 1.29 is 0 Å². The average Bonchev–Trinajstić information content (AvgIpc) is 2.77. The van der Waals surface area contributed by atoms with Gasteiger partial charge in [0.05, 0.1) is 10.2 Å². The molecule has 80 valence electrons. The second-order valence-electron chi connectivity index (χ2n) is 3.86. The lowest BCUT2D eigenvalue weighted by Gasteiger charge is -1.98. The van der Waals surface area contributed by atoms with Gasteiger partial charge in [0, 0.05) is 23.2 Å². The van der Waals surface area contributed by atoms with Gasteiger partial charge in [-0.2, -0.15) is 0 Å². The molecule has 0 aliphatic rings. The molecule has 0 fully saturated rings. The van der Waals surface area contributed by atoms with Crippen LogP contribution in [0, 0.1) is 0 Å². The van der Waals surface area contributed by atoms with Gasteiger partial charge in [0.25, 0.3) is 0 Å². The summed E-state index contributed by atoms with van der Waals surface area (Å²) in [6.07, 6.45) is 5.36. The highest BCUT2D eigenvalue weighted by Crippen LogP contribution is 2.34. The minimum atomic E-state index is 1.00. The first-order valence-electron chi connectivity index (χ1n) is 5.29. The fourth-order valence-electron chi connectivity index (χ4n) is 2.13. The number of thiophene rings is 1. The van der Waals surface area contributed by atoms with Gasteiger partial charge in [-0.25, -0.2) is 15.0 Å². The number of hydrogen-bond acceptors (Lipinski definition) is 4. The van der Waals surface area contributed by atoms with Crippen LogP contribution in [0.4, 0.5) is 0 Å². The predicted molar refractivity (Wildman–Crippen MR) is 70.2 cm³/mol. The summed E-state index contributed by atoms with van der Waals surface area (Å²) in [6, 6.07) is 8.27. The third kappa shape index (κ3) is 1.18. The maximum absolute atomic E-state index is 4.50. The van der Waals surface area contributed by atoms with Gasteiger partial charge < -0.3 is 0 Å². The van der Waals surface area contributed by atoms with E-state index in [0.717, 1.165) is 25.8 Å². The van der Waals surface area contributed by atoms with E-state index in [-0.39, 0.29) is 0 Å². The Bertz CT molecular complexity index is 845. The van der Waals surface area contributed by atoms with Crippen molar-refractivity contribution in [2.45, 2.75) is 0 Å². The van der Waals surface area contributed by atoms with E-state index >= 15 is 0 Å². The predicted octanol–water partition coefficient (Wildman–Crippen LogP) is 3.39. The van der Waals surface area contributed by atoms with Crippen LogP contribution in [0.25, 0.3) is 31.2 Å². The van der Waals surface area contributed by atoms with Crippen LogP contribution in [-0.4, -0.2) is 15.0 Å². The Labute approximate surface area is 101 Å². The van der Waals surface area contributed by atoms with E-state index in [0.29, 0.717) is 0 Å². The zero-order valence-electron chi connectivity index (χ0n) is 8.79. The Morgan fingerprint density at radius 3 is 2.94 bits per heavy atom. The molecule has 0 saturated carbocycles. The first-order chi connectivity index (χ1) is 8.43. The molecule has 3 nitrogen and oxygen atoms in total. The number of hydrogen-bond donors (Lipinski definition) is 0. The van der Waals surface area contributed by atoms with Crippen molar-refractivity contribution in [1.82, 2.24) is 15.0 Å². The first-order valence-corrected chi connectivity index (χ1v) is 6.11. The Morgan fingerprint density at radius 2 is 1.94 bits per heavy atom. The van der Waals surface area contributed by atoms with Crippen molar-refractivity contribution in [2.75, 3.05) is 0 Å². The summed E-state index contributed by atoms with van der Waals surface area (Å²) >= 11 is 1.64. The van der Waals surface area contributed by atoms with E-state index in [9.17, 15) is 0 Å². The number of fused-ring (bicyclic) bond motifs is 5. The molecule has 0 N–H and O–H groups in total. The maximum atomic E-state index is 4.50. The van der Waals surface area contributed by atoms with Crippen molar-refractivity contribution in [3.8, 4) is 0 Å². The molecule has 0 saturated heterocycles. The molecule has 0 amide bonds. The number of rotatable bonds is 0. The Balaban J connectivity index is 2.38. The second-order valence-corrected chi connectivity index (χ2v) is 4.89. The van der Waals surface area contributed by atoms with Gasteiger partial charge in [0.2, 0.25) is 0 Å². The standard InChI is InChI=1S/C13H7N3S/c1-2-4-9-8(3-1)5-15-13-11(9)12-10(17-13)6-14-7-16-12/h1-7H. The summed E-state index contributed by atoms with van der Waals surface area (Å²) < 4.78 is 1.09. The lowest BCUT2D eigenvalue weighted by Crippen LogP contribution is -1.79. The van der Waals surface area contributed by atoms with E-state index in [2.05, 4.69) is 27.1 Å². The summed E-state index contributed by atoms with van der Waals surface area (Å²) in [4.78, 5) is 14.0. The van der Waals surface area contributed by atoms with Gasteiger partial charge in [0.1, 0.15) is 11.2 Å². The number of nitrogens with zero attached hydrogens (tertiary/aromatic N) is 3. The van der Waals surface area contributed by atoms with Crippen LogP contribution in [0.15, 0.2) is 43.0 Å². The van der Waals surface area contributed by atoms with Crippen molar-refractivity contribution >= 4 is 42.5 Å². The Hall–Kier alpha value is -2.07.